The molecule has 120 valence electrons. The number of carboxylic acids is 1. The summed E-state index contributed by atoms with van der Waals surface area (Å²) in [6.07, 6.45) is 5.98. The molecule has 1 heterocycles. The quantitative estimate of drug-likeness (QED) is 0.866. The van der Waals surface area contributed by atoms with Gasteiger partial charge in [-0.3, -0.25) is 4.79 Å². The van der Waals surface area contributed by atoms with E-state index >= 15 is 0 Å². The van der Waals surface area contributed by atoms with Crippen molar-refractivity contribution in [2.24, 2.45) is 5.92 Å². The molecule has 1 aliphatic carbocycles. The maximum Gasteiger partial charge on any atom is 0.339 e. The zero-order valence-corrected chi connectivity index (χ0v) is 13.4. The Kier molecular flexibility index (Phi) is 5.06. The van der Waals surface area contributed by atoms with E-state index in [9.17, 15) is 9.59 Å². The lowest BCUT2D eigenvalue weighted by atomic mass is 9.87. The molecule has 5 nitrogen and oxygen atoms in total. The highest BCUT2D eigenvalue weighted by Gasteiger charge is 2.17. The molecule has 1 aromatic heterocycles. The number of likely N-dealkylation sites (N-methyl/N-ethyl adjacent to an activating group) is 1. The molecule has 0 saturated heterocycles. The molecule has 22 heavy (non-hydrogen) atoms. The molecule has 0 radical (unpaired) electrons. The van der Waals surface area contributed by atoms with Gasteiger partial charge >= 0.3 is 5.97 Å². The zero-order chi connectivity index (χ0) is 16.3. The van der Waals surface area contributed by atoms with E-state index in [1.54, 1.807) is 24.9 Å². The summed E-state index contributed by atoms with van der Waals surface area (Å²) in [5, 5.41) is 9.01. The summed E-state index contributed by atoms with van der Waals surface area (Å²) in [4.78, 5) is 24.8. The molecule has 0 atom stereocenters. The highest BCUT2D eigenvalue weighted by atomic mass is 16.4. The van der Waals surface area contributed by atoms with Crippen LogP contribution in [-0.4, -0.2) is 28.9 Å². The van der Waals surface area contributed by atoms with Crippen molar-refractivity contribution in [3.63, 3.8) is 0 Å². The highest BCUT2D eigenvalue weighted by molar-refractivity contribution is 5.89. The molecule has 1 N–H and O–H groups in total. The molecule has 0 aliphatic heterocycles. The minimum atomic E-state index is -1.01. The Morgan fingerprint density at radius 3 is 2.59 bits per heavy atom. The first-order valence-corrected chi connectivity index (χ1v) is 7.64. The summed E-state index contributed by atoms with van der Waals surface area (Å²) in [7, 11) is 1.70. The number of allylic oxidation sites excluding steroid dienone is 1. The minimum Gasteiger partial charge on any atom is -0.478 e. The van der Waals surface area contributed by atoms with Crippen molar-refractivity contribution in [2.75, 3.05) is 7.05 Å². The van der Waals surface area contributed by atoms with E-state index in [0.29, 0.717) is 11.5 Å². The average molecular weight is 305 g/mol. The minimum absolute atomic E-state index is 0.0597. The van der Waals surface area contributed by atoms with Crippen LogP contribution >= 0.6 is 0 Å². The number of aryl methyl sites for hydroxylation is 1. The van der Waals surface area contributed by atoms with Crippen LogP contribution in [0, 0.1) is 12.8 Å². The Morgan fingerprint density at radius 2 is 2.05 bits per heavy atom. The third kappa shape index (κ3) is 4.00. The van der Waals surface area contributed by atoms with E-state index in [4.69, 9.17) is 9.52 Å². The Labute approximate surface area is 130 Å². The van der Waals surface area contributed by atoms with Gasteiger partial charge in [-0.25, -0.2) is 4.79 Å². The molecule has 1 saturated carbocycles. The van der Waals surface area contributed by atoms with Crippen molar-refractivity contribution in [3.05, 3.63) is 34.8 Å². The lowest BCUT2D eigenvalue weighted by Crippen LogP contribution is -2.24. The van der Waals surface area contributed by atoms with Crippen LogP contribution in [0.1, 0.15) is 54.5 Å². The summed E-state index contributed by atoms with van der Waals surface area (Å²) < 4.78 is 5.41. The highest BCUT2D eigenvalue weighted by Crippen LogP contribution is 2.27. The van der Waals surface area contributed by atoms with Crippen LogP contribution in [0.3, 0.4) is 0 Å². The molecule has 1 aromatic rings. The van der Waals surface area contributed by atoms with Crippen LogP contribution in [0.4, 0.5) is 0 Å². The Bertz CT molecular complexity index is 590. The number of amides is 1. The third-order valence-electron chi connectivity index (χ3n) is 4.21. The maximum absolute atomic E-state index is 12.2. The average Bonchev–Trinajstić information content (AvgIpc) is 2.82. The summed E-state index contributed by atoms with van der Waals surface area (Å²) in [6, 6.07) is 1.48. The molecule has 2 rings (SSSR count). The van der Waals surface area contributed by atoms with Gasteiger partial charge in [-0.15, -0.1) is 0 Å². The number of hydrogen-bond acceptors (Lipinski definition) is 3. The first-order valence-electron chi connectivity index (χ1n) is 7.64. The molecule has 0 bridgehead atoms. The monoisotopic (exact) mass is 305 g/mol. The fraction of sp³-hybridized carbons (Fsp3) is 0.529. The second-order valence-electron chi connectivity index (χ2n) is 6.17. The van der Waals surface area contributed by atoms with Crippen molar-refractivity contribution in [1.82, 2.24) is 4.90 Å². The lowest BCUT2D eigenvalue weighted by Gasteiger charge is -2.21. The van der Waals surface area contributed by atoms with Gasteiger partial charge in [0.15, 0.2) is 0 Å². The van der Waals surface area contributed by atoms with Crippen molar-refractivity contribution >= 4 is 11.9 Å². The van der Waals surface area contributed by atoms with Crippen LogP contribution in [0.25, 0.3) is 0 Å². The van der Waals surface area contributed by atoms with E-state index in [2.05, 4.69) is 6.92 Å². The number of carbonyl (C=O) groups excluding carboxylic acids is 1. The van der Waals surface area contributed by atoms with Gasteiger partial charge < -0.3 is 14.4 Å². The van der Waals surface area contributed by atoms with Crippen molar-refractivity contribution < 1.29 is 19.1 Å². The number of hydrogen-bond donors (Lipinski definition) is 1. The van der Waals surface area contributed by atoms with E-state index in [-0.39, 0.29) is 18.0 Å². The van der Waals surface area contributed by atoms with E-state index in [1.807, 2.05) is 0 Å². The van der Waals surface area contributed by atoms with Gasteiger partial charge in [-0.05, 0) is 44.6 Å². The zero-order valence-electron chi connectivity index (χ0n) is 13.4. The van der Waals surface area contributed by atoms with Gasteiger partial charge in [0.25, 0.3) is 0 Å². The molecule has 0 aromatic carbocycles. The second kappa shape index (κ2) is 6.81. The molecule has 1 amide bonds. The first kappa shape index (κ1) is 16.3. The summed E-state index contributed by atoms with van der Waals surface area (Å²) in [6.45, 7) is 4.12. The van der Waals surface area contributed by atoms with Gasteiger partial charge in [0, 0.05) is 13.1 Å². The number of furan rings is 1. The number of carboxylic acid groups (broad SMARTS) is 1. The smallest absolute Gasteiger partial charge is 0.339 e. The summed E-state index contributed by atoms with van der Waals surface area (Å²) in [5.74, 6) is 0.519. The fourth-order valence-corrected chi connectivity index (χ4v) is 2.71. The lowest BCUT2D eigenvalue weighted by molar-refractivity contribution is -0.125. The van der Waals surface area contributed by atoms with Crippen LogP contribution in [0.5, 0.6) is 0 Å². The second-order valence-corrected chi connectivity index (χ2v) is 6.17. The molecule has 1 aliphatic rings. The Hall–Kier alpha value is -2.04. The molecular formula is C17H23NO4. The predicted octanol–water partition coefficient (Wildman–Crippen LogP) is 3.38. The first-order chi connectivity index (χ1) is 10.4. The molecule has 0 unspecified atom stereocenters. The van der Waals surface area contributed by atoms with Gasteiger partial charge in [0.1, 0.15) is 17.1 Å². The van der Waals surface area contributed by atoms with Gasteiger partial charge in [0.2, 0.25) is 5.91 Å². The van der Waals surface area contributed by atoms with Gasteiger partial charge in [-0.2, -0.15) is 0 Å². The number of nitrogens with zero attached hydrogens (tertiary/aromatic N) is 1. The van der Waals surface area contributed by atoms with Crippen LogP contribution in [0.2, 0.25) is 0 Å². The normalized spacial score (nSPS) is 18.1. The fourth-order valence-electron chi connectivity index (χ4n) is 2.71. The molecule has 1 fully saturated rings. The van der Waals surface area contributed by atoms with Gasteiger partial charge in [0.05, 0.1) is 6.54 Å². The molecular weight excluding hydrogens is 282 g/mol. The van der Waals surface area contributed by atoms with E-state index in [0.717, 1.165) is 31.6 Å². The van der Waals surface area contributed by atoms with Crippen LogP contribution in [0.15, 0.2) is 22.1 Å². The predicted molar refractivity (Wildman–Crippen MR) is 82.6 cm³/mol. The number of rotatable bonds is 4. The number of aromatic carboxylic acids is 1. The molecule has 0 spiro atoms. The third-order valence-corrected chi connectivity index (χ3v) is 4.21. The maximum atomic E-state index is 12.2. The van der Waals surface area contributed by atoms with Crippen molar-refractivity contribution in [3.8, 4) is 0 Å². The van der Waals surface area contributed by atoms with Crippen LogP contribution < -0.4 is 0 Å². The van der Waals surface area contributed by atoms with E-state index < -0.39 is 5.97 Å². The summed E-state index contributed by atoms with van der Waals surface area (Å²) >= 11 is 0. The van der Waals surface area contributed by atoms with Crippen LogP contribution in [-0.2, 0) is 11.3 Å². The van der Waals surface area contributed by atoms with Gasteiger partial charge in [-0.1, -0.05) is 12.5 Å². The largest absolute Gasteiger partial charge is 0.478 e. The molecule has 5 heteroatoms. The Balaban J connectivity index is 1.98. The van der Waals surface area contributed by atoms with Crippen molar-refractivity contribution in [2.45, 2.75) is 46.1 Å². The number of carbonyl (C=O) groups is 2. The Morgan fingerprint density at radius 1 is 1.41 bits per heavy atom. The van der Waals surface area contributed by atoms with E-state index in [1.165, 1.54) is 11.6 Å². The standard InChI is InChI=1S/C17H23NO4/c1-11-4-6-13(7-5-11)8-16(19)18(3)10-14-9-15(17(20)21)12(2)22-14/h8-9,11H,4-7,10H2,1-3H3,(H,20,21). The SMILES string of the molecule is Cc1oc(CN(C)C(=O)C=C2CCC(C)CC2)cc1C(=O)O. The summed E-state index contributed by atoms with van der Waals surface area (Å²) in [5.41, 5.74) is 1.35. The van der Waals surface area contributed by atoms with Crippen molar-refractivity contribution in [1.29, 1.82) is 0 Å². The topological polar surface area (TPSA) is 70.8 Å².